The highest BCUT2D eigenvalue weighted by Crippen LogP contribution is 2.30. The van der Waals surface area contributed by atoms with Crippen LogP contribution in [0.25, 0.3) is 0 Å². The second-order valence-corrected chi connectivity index (χ2v) is 7.36. The third kappa shape index (κ3) is 6.52. The SMILES string of the molecule is CCOc1cccc(C=NCC(C)(C)CN=Cc2cccc(OCC)c2O)c1O. The van der Waals surface area contributed by atoms with Gasteiger partial charge in [-0.1, -0.05) is 26.0 Å². The van der Waals surface area contributed by atoms with Crippen molar-refractivity contribution >= 4 is 12.4 Å². The van der Waals surface area contributed by atoms with Gasteiger partial charge in [0.15, 0.2) is 23.0 Å². The van der Waals surface area contributed by atoms with Crippen molar-refractivity contribution in [3.63, 3.8) is 0 Å². The third-order valence-corrected chi connectivity index (χ3v) is 4.16. The fraction of sp³-hybridized carbons (Fsp3) is 0.391. The predicted molar refractivity (Wildman–Crippen MR) is 117 cm³/mol. The van der Waals surface area contributed by atoms with Crippen LogP contribution in [0.2, 0.25) is 0 Å². The first-order valence-corrected chi connectivity index (χ1v) is 9.77. The van der Waals surface area contributed by atoms with Crippen LogP contribution in [0.15, 0.2) is 46.4 Å². The standard InChI is InChI=1S/C23H30N2O4/c1-5-28-19-11-7-9-17(21(19)26)13-24-15-23(3,4)16-25-14-18-10-8-12-20(22(18)27)29-6-2/h7-14,26-27H,5-6,15-16H2,1-4H3. The summed E-state index contributed by atoms with van der Waals surface area (Å²) in [6, 6.07) is 10.7. The van der Waals surface area contributed by atoms with Crippen LogP contribution in [0.3, 0.4) is 0 Å². The first kappa shape index (κ1) is 22.3. The van der Waals surface area contributed by atoms with Gasteiger partial charge in [0, 0.05) is 42.1 Å². The topological polar surface area (TPSA) is 83.6 Å². The monoisotopic (exact) mass is 398 g/mol. The van der Waals surface area contributed by atoms with Crippen molar-refractivity contribution < 1.29 is 19.7 Å². The lowest BCUT2D eigenvalue weighted by Gasteiger charge is -2.19. The smallest absolute Gasteiger partial charge is 0.166 e. The molecule has 29 heavy (non-hydrogen) atoms. The van der Waals surface area contributed by atoms with Crippen molar-refractivity contribution in [2.24, 2.45) is 15.4 Å². The van der Waals surface area contributed by atoms with E-state index in [-0.39, 0.29) is 16.9 Å². The van der Waals surface area contributed by atoms with Crippen molar-refractivity contribution in [1.29, 1.82) is 0 Å². The van der Waals surface area contributed by atoms with Gasteiger partial charge >= 0.3 is 0 Å². The maximum absolute atomic E-state index is 10.2. The number of nitrogens with zero attached hydrogens (tertiary/aromatic N) is 2. The van der Waals surface area contributed by atoms with E-state index in [1.54, 1.807) is 36.7 Å². The summed E-state index contributed by atoms with van der Waals surface area (Å²) in [5.74, 6) is 1.10. The first-order chi connectivity index (χ1) is 13.9. The summed E-state index contributed by atoms with van der Waals surface area (Å²) >= 11 is 0. The number of phenols is 2. The zero-order chi connectivity index (χ0) is 21.3. The minimum Gasteiger partial charge on any atom is -0.504 e. The van der Waals surface area contributed by atoms with Gasteiger partial charge in [-0.2, -0.15) is 0 Å². The first-order valence-electron chi connectivity index (χ1n) is 9.77. The fourth-order valence-electron chi connectivity index (χ4n) is 2.66. The minimum absolute atomic E-state index is 0.0959. The van der Waals surface area contributed by atoms with Crippen molar-refractivity contribution in [2.45, 2.75) is 27.7 Å². The molecule has 0 aliphatic heterocycles. The lowest BCUT2D eigenvalue weighted by molar-refractivity contribution is 0.318. The van der Waals surface area contributed by atoms with E-state index in [1.807, 2.05) is 26.0 Å². The van der Waals surface area contributed by atoms with E-state index >= 15 is 0 Å². The number of para-hydroxylation sites is 2. The summed E-state index contributed by atoms with van der Waals surface area (Å²) in [4.78, 5) is 8.95. The lowest BCUT2D eigenvalue weighted by Crippen LogP contribution is -2.19. The second kappa shape index (κ2) is 10.5. The molecule has 2 rings (SSSR count). The highest BCUT2D eigenvalue weighted by molar-refractivity contribution is 5.85. The zero-order valence-electron chi connectivity index (χ0n) is 17.6. The van der Waals surface area contributed by atoms with E-state index in [9.17, 15) is 10.2 Å². The molecule has 0 amide bonds. The zero-order valence-corrected chi connectivity index (χ0v) is 17.6. The summed E-state index contributed by atoms with van der Waals surface area (Å²) in [5.41, 5.74) is 1.05. The van der Waals surface area contributed by atoms with Crippen molar-refractivity contribution in [1.82, 2.24) is 0 Å². The van der Waals surface area contributed by atoms with Gasteiger partial charge in [-0.3, -0.25) is 9.98 Å². The molecule has 2 aromatic carbocycles. The average molecular weight is 399 g/mol. The summed E-state index contributed by atoms with van der Waals surface area (Å²) in [6.45, 7) is 9.92. The lowest BCUT2D eigenvalue weighted by atomic mass is 9.94. The Kier molecular flexibility index (Phi) is 8.07. The normalized spacial score (nSPS) is 12.0. The minimum atomic E-state index is -0.187. The van der Waals surface area contributed by atoms with Gasteiger partial charge in [0.2, 0.25) is 0 Å². The molecule has 0 bridgehead atoms. The molecule has 0 aromatic heterocycles. The molecule has 0 atom stereocenters. The summed E-state index contributed by atoms with van der Waals surface area (Å²) in [7, 11) is 0. The molecule has 156 valence electrons. The number of phenolic OH excluding ortho intramolecular Hbond substituents is 2. The van der Waals surface area contributed by atoms with Crippen LogP contribution in [0, 0.1) is 5.41 Å². The number of aliphatic imine (C=N–C) groups is 2. The van der Waals surface area contributed by atoms with Crippen molar-refractivity contribution in [2.75, 3.05) is 26.3 Å². The summed E-state index contributed by atoms with van der Waals surface area (Å²) < 4.78 is 10.8. The average Bonchev–Trinajstić information content (AvgIpc) is 2.68. The van der Waals surface area contributed by atoms with E-state index in [2.05, 4.69) is 23.8 Å². The Morgan fingerprint density at radius 2 is 1.21 bits per heavy atom. The number of hydrogen-bond donors (Lipinski definition) is 2. The summed E-state index contributed by atoms with van der Waals surface area (Å²) in [6.07, 6.45) is 3.31. The quantitative estimate of drug-likeness (QED) is 0.579. The molecule has 2 N–H and O–H groups in total. The maximum atomic E-state index is 10.2. The van der Waals surface area contributed by atoms with Gasteiger partial charge in [-0.25, -0.2) is 0 Å². The molecule has 0 aliphatic carbocycles. The Morgan fingerprint density at radius 3 is 1.59 bits per heavy atom. The van der Waals surface area contributed by atoms with E-state index < -0.39 is 0 Å². The molecule has 0 fully saturated rings. The molecule has 0 saturated carbocycles. The summed E-state index contributed by atoms with van der Waals surface area (Å²) in [5, 5.41) is 20.5. The Labute approximate surface area is 172 Å². The van der Waals surface area contributed by atoms with Crippen LogP contribution in [-0.4, -0.2) is 48.9 Å². The predicted octanol–water partition coefficient (Wildman–Crippen LogP) is 4.46. The van der Waals surface area contributed by atoms with Crippen LogP contribution >= 0.6 is 0 Å². The van der Waals surface area contributed by atoms with Gasteiger partial charge in [0.1, 0.15) is 0 Å². The fourth-order valence-corrected chi connectivity index (χ4v) is 2.66. The van der Waals surface area contributed by atoms with Crippen LogP contribution in [0.5, 0.6) is 23.0 Å². The van der Waals surface area contributed by atoms with Crippen LogP contribution in [0.1, 0.15) is 38.8 Å². The molecule has 2 aromatic rings. The van der Waals surface area contributed by atoms with Gasteiger partial charge in [-0.15, -0.1) is 0 Å². The highest BCUT2D eigenvalue weighted by Gasteiger charge is 2.16. The Morgan fingerprint density at radius 1 is 0.793 bits per heavy atom. The number of aromatic hydroxyl groups is 2. The van der Waals surface area contributed by atoms with E-state index in [4.69, 9.17) is 9.47 Å². The molecule has 6 nitrogen and oxygen atoms in total. The van der Waals surface area contributed by atoms with Gasteiger partial charge in [0.25, 0.3) is 0 Å². The molecule has 0 radical (unpaired) electrons. The van der Waals surface area contributed by atoms with Crippen LogP contribution in [-0.2, 0) is 0 Å². The van der Waals surface area contributed by atoms with Gasteiger partial charge in [-0.05, 0) is 38.1 Å². The molecule has 0 saturated heterocycles. The Hall–Kier alpha value is -3.02. The van der Waals surface area contributed by atoms with E-state index in [1.165, 1.54) is 0 Å². The van der Waals surface area contributed by atoms with E-state index in [0.29, 0.717) is 48.9 Å². The molecule has 6 heteroatoms. The molecule has 0 spiro atoms. The van der Waals surface area contributed by atoms with Gasteiger partial charge < -0.3 is 19.7 Å². The maximum Gasteiger partial charge on any atom is 0.166 e. The van der Waals surface area contributed by atoms with Crippen molar-refractivity contribution in [3.8, 4) is 23.0 Å². The Bertz CT molecular complexity index is 790. The number of hydrogen-bond acceptors (Lipinski definition) is 6. The highest BCUT2D eigenvalue weighted by atomic mass is 16.5. The van der Waals surface area contributed by atoms with Crippen LogP contribution in [0.4, 0.5) is 0 Å². The number of benzene rings is 2. The molecular formula is C23H30N2O4. The molecule has 0 aliphatic rings. The molecule has 0 heterocycles. The number of rotatable bonds is 10. The van der Waals surface area contributed by atoms with Crippen molar-refractivity contribution in [3.05, 3.63) is 47.5 Å². The molecule has 0 unspecified atom stereocenters. The van der Waals surface area contributed by atoms with E-state index in [0.717, 1.165) is 0 Å². The Balaban J connectivity index is 1.99. The number of ether oxygens (including phenoxy) is 2. The molecular weight excluding hydrogens is 368 g/mol. The van der Waals surface area contributed by atoms with Gasteiger partial charge in [0.05, 0.1) is 13.2 Å². The van der Waals surface area contributed by atoms with Crippen LogP contribution < -0.4 is 9.47 Å². The second-order valence-electron chi connectivity index (χ2n) is 7.36. The largest absolute Gasteiger partial charge is 0.504 e. The third-order valence-electron chi connectivity index (χ3n) is 4.16.